The van der Waals surface area contributed by atoms with Crippen LogP contribution in [-0.4, -0.2) is 29.6 Å². The maximum atomic E-state index is 8.76. The molecule has 0 saturated heterocycles. The van der Waals surface area contributed by atoms with Gasteiger partial charge in [0.25, 0.3) is 0 Å². The van der Waals surface area contributed by atoms with E-state index in [0.717, 1.165) is 51.7 Å². The fourth-order valence-electron chi connectivity index (χ4n) is 3.79. The van der Waals surface area contributed by atoms with Crippen LogP contribution in [-0.2, 0) is 6.54 Å². The van der Waals surface area contributed by atoms with Crippen molar-refractivity contribution in [2.75, 3.05) is 12.0 Å². The fourth-order valence-corrected chi connectivity index (χ4v) is 4.15. The molecule has 0 atom stereocenters. The van der Waals surface area contributed by atoms with Crippen molar-refractivity contribution in [1.82, 2.24) is 0 Å². The maximum Gasteiger partial charge on any atom is 0.163 e. The Morgan fingerprint density at radius 2 is 1.96 bits per heavy atom. The van der Waals surface area contributed by atoms with Gasteiger partial charge in [-0.2, -0.15) is 0 Å². The largest absolute Gasteiger partial charge is 0.493 e. The summed E-state index contributed by atoms with van der Waals surface area (Å²) in [7, 11) is 1.66. The number of benzene rings is 2. The molecule has 0 aromatic heterocycles. The number of rotatable bonds is 5. The van der Waals surface area contributed by atoms with Crippen molar-refractivity contribution in [3.8, 4) is 11.5 Å². The van der Waals surface area contributed by atoms with Crippen molar-refractivity contribution in [2.24, 2.45) is 5.16 Å². The van der Waals surface area contributed by atoms with Crippen LogP contribution in [0.15, 0.2) is 41.6 Å². The standard InChI is InChI=1S/C21H22N2O3S/c1-25-19-9-8-16(11-20(19)26-17-4-2-3-5-17)23-13-15-7-6-14(12-22-24)10-18(15)21(23)27/h6-12,17,24H,2-5,13H2,1H3. The van der Waals surface area contributed by atoms with Crippen LogP contribution in [0.25, 0.3) is 0 Å². The van der Waals surface area contributed by atoms with Crippen LogP contribution in [0.3, 0.4) is 0 Å². The van der Waals surface area contributed by atoms with Gasteiger partial charge in [-0.15, -0.1) is 0 Å². The van der Waals surface area contributed by atoms with Crippen molar-refractivity contribution in [1.29, 1.82) is 0 Å². The lowest BCUT2D eigenvalue weighted by atomic mass is 10.1. The summed E-state index contributed by atoms with van der Waals surface area (Å²) in [6.07, 6.45) is 6.30. The summed E-state index contributed by atoms with van der Waals surface area (Å²) >= 11 is 5.72. The Balaban J connectivity index is 1.62. The van der Waals surface area contributed by atoms with Gasteiger partial charge in [-0.3, -0.25) is 0 Å². The van der Waals surface area contributed by atoms with Gasteiger partial charge in [-0.25, -0.2) is 0 Å². The normalized spacial score (nSPS) is 16.9. The van der Waals surface area contributed by atoms with E-state index in [4.69, 9.17) is 26.9 Å². The minimum Gasteiger partial charge on any atom is -0.493 e. The van der Waals surface area contributed by atoms with E-state index >= 15 is 0 Å². The molecule has 1 aliphatic heterocycles. The molecule has 1 heterocycles. The first-order chi connectivity index (χ1) is 13.2. The summed E-state index contributed by atoms with van der Waals surface area (Å²) < 4.78 is 11.7. The zero-order chi connectivity index (χ0) is 18.8. The molecule has 0 unspecified atom stereocenters. The van der Waals surface area contributed by atoms with Gasteiger partial charge in [-0.05, 0) is 55.0 Å². The predicted molar refractivity (Wildman–Crippen MR) is 110 cm³/mol. The Kier molecular flexibility index (Phi) is 4.99. The third kappa shape index (κ3) is 3.49. The SMILES string of the molecule is COc1ccc(N2Cc3ccc(C=NO)cc3C2=S)cc1OC1CCCC1. The van der Waals surface area contributed by atoms with Crippen LogP contribution in [0.5, 0.6) is 11.5 Å². The molecule has 2 aromatic carbocycles. The molecule has 0 spiro atoms. The molecular weight excluding hydrogens is 360 g/mol. The molecule has 4 rings (SSSR count). The predicted octanol–water partition coefficient (Wildman–Crippen LogP) is 4.52. The number of thiocarbonyl (C=S) groups is 1. The van der Waals surface area contributed by atoms with Crippen molar-refractivity contribution in [3.63, 3.8) is 0 Å². The van der Waals surface area contributed by atoms with Gasteiger partial charge in [0.2, 0.25) is 0 Å². The Bertz CT molecular complexity index is 891. The number of methoxy groups -OCH3 is 1. The number of fused-ring (bicyclic) bond motifs is 1. The molecule has 6 heteroatoms. The minimum atomic E-state index is 0.261. The number of anilines is 1. The van der Waals surface area contributed by atoms with Crippen molar-refractivity contribution < 1.29 is 14.7 Å². The molecule has 2 aliphatic rings. The smallest absolute Gasteiger partial charge is 0.163 e. The minimum absolute atomic E-state index is 0.261. The quantitative estimate of drug-likeness (QED) is 0.357. The molecule has 1 aliphatic carbocycles. The van der Waals surface area contributed by atoms with Crippen LogP contribution in [0.1, 0.15) is 42.4 Å². The number of nitrogens with zero attached hydrogens (tertiary/aromatic N) is 2. The van der Waals surface area contributed by atoms with E-state index in [2.05, 4.69) is 10.1 Å². The second-order valence-electron chi connectivity index (χ2n) is 6.91. The lowest BCUT2D eigenvalue weighted by Gasteiger charge is -2.22. The molecule has 0 radical (unpaired) electrons. The van der Waals surface area contributed by atoms with Gasteiger partial charge < -0.3 is 19.6 Å². The van der Waals surface area contributed by atoms with Crippen LogP contribution in [0, 0.1) is 0 Å². The summed E-state index contributed by atoms with van der Waals surface area (Å²) in [5, 5.41) is 11.9. The van der Waals surface area contributed by atoms with Gasteiger partial charge in [0.15, 0.2) is 11.5 Å². The average Bonchev–Trinajstić information content (AvgIpc) is 3.30. The van der Waals surface area contributed by atoms with E-state index < -0.39 is 0 Å². The Morgan fingerprint density at radius 1 is 1.15 bits per heavy atom. The number of hydrogen-bond donors (Lipinski definition) is 1. The third-order valence-electron chi connectivity index (χ3n) is 5.20. The highest BCUT2D eigenvalue weighted by Crippen LogP contribution is 2.37. The fraction of sp³-hybridized carbons (Fsp3) is 0.333. The van der Waals surface area contributed by atoms with Crippen molar-refractivity contribution in [2.45, 2.75) is 38.3 Å². The molecule has 0 amide bonds. The summed E-state index contributed by atoms with van der Waals surface area (Å²) in [5.41, 5.74) is 3.96. The monoisotopic (exact) mass is 382 g/mol. The molecule has 140 valence electrons. The first-order valence-corrected chi connectivity index (χ1v) is 9.57. The molecule has 5 nitrogen and oxygen atoms in total. The van der Waals surface area contributed by atoms with E-state index in [-0.39, 0.29) is 6.10 Å². The van der Waals surface area contributed by atoms with Gasteiger partial charge in [-0.1, -0.05) is 29.5 Å². The van der Waals surface area contributed by atoms with Gasteiger partial charge >= 0.3 is 0 Å². The second-order valence-corrected chi connectivity index (χ2v) is 7.30. The van der Waals surface area contributed by atoms with Crippen molar-refractivity contribution in [3.05, 3.63) is 53.1 Å². The zero-order valence-corrected chi connectivity index (χ0v) is 16.0. The van der Waals surface area contributed by atoms with Crippen LogP contribution in [0.2, 0.25) is 0 Å². The summed E-state index contributed by atoms with van der Waals surface area (Å²) in [4.78, 5) is 2.86. The highest BCUT2D eigenvalue weighted by Gasteiger charge is 2.27. The highest BCUT2D eigenvalue weighted by molar-refractivity contribution is 7.81. The average molecular weight is 382 g/mol. The Labute approximate surface area is 164 Å². The topological polar surface area (TPSA) is 54.3 Å². The first kappa shape index (κ1) is 17.8. The Hall–Kier alpha value is -2.60. The summed E-state index contributed by atoms with van der Waals surface area (Å²) in [6, 6.07) is 11.9. The molecule has 1 fully saturated rings. The van der Waals surface area contributed by atoms with E-state index in [1.807, 2.05) is 36.4 Å². The maximum absolute atomic E-state index is 8.76. The molecule has 1 saturated carbocycles. The summed E-state index contributed by atoms with van der Waals surface area (Å²) in [5.74, 6) is 1.52. The van der Waals surface area contributed by atoms with Crippen LogP contribution >= 0.6 is 12.2 Å². The lowest BCUT2D eigenvalue weighted by molar-refractivity contribution is 0.201. The van der Waals surface area contributed by atoms with Crippen LogP contribution < -0.4 is 14.4 Å². The van der Waals surface area contributed by atoms with Gasteiger partial charge in [0.05, 0.1) is 19.4 Å². The van der Waals surface area contributed by atoms with Crippen LogP contribution in [0.4, 0.5) is 5.69 Å². The van der Waals surface area contributed by atoms with Crippen molar-refractivity contribution >= 4 is 29.1 Å². The zero-order valence-electron chi connectivity index (χ0n) is 15.2. The van der Waals surface area contributed by atoms with E-state index in [9.17, 15) is 0 Å². The van der Waals surface area contributed by atoms with E-state index in [1.54, 1.807) is 7.11 Å². The van der Waals surface area contributed by atoms with E-state index in [0.29, 0.717) is 6.54 Å². The second kappa shape index (κ2) is 7.56. The molecular formula is C21H22N2O3S. The lowest BCUT2D eigenvalue weighted by Crippen LogP contribution is -2.22. The third-order valence-corrected chi connectivity index (χ3v) is 5.64. The first-order valence-electron chi connectivity index (χ1n) is 9.16. The number of oxime groups is 1. The van der Waals surface area contributed by atoms with Gasteiger partial charge in [0.1, 0.15) is 4.99 Å². The number of hydrogen-bond acceptors (Lipinski definition) is 5. The molecule has 2 aromatic rings. The van der Waals surface area contributed by atoms with Gasteiger partial charge in [0, 0.05) is 23.9 Å². The molecule has 1 N–H and O–H groups in total. The number of ether oxygens (including phenoxy) is 2. The molecule has 27 heavy (non-hydrogen) atoms. The Morgan fingerprint density at radius 3 is 2.70 bits per heavy atom. The highest BCUT2D eigenvalue weighted by atomic mass is 32.1. The summed E-state index contributed by atoms with van der Waals surface area (Å²) in [6.45, 7) is 0.708. The molecule has 0 bridgehead atoms. The van der Waals surface area contributed by atoms with E-state index in [1.165, 1.54) is 19.1 Å².